The fourth-order valence-corrected chi connectivity index (χ4v) is 2.24. The van der Waals surface area contributed by atoms with Crippen LogP contribution >= 0.6 is 11.8 Å². The lowest BCUT2D eigenvalue weighted by molar-refractivity contribution is -0.140. The highest BCUT2D eigenvalue weighted by Gasteiger charge is 2.04. The van der Waals surface area contributed by atoms with Crippen molar-refractivity contribution in [2.75, 3.05) is 19.4 Å². The maximum atomic E-state index is 11.4. The van der Waals surface area contributed by atoms with Crippen molar-refractivity contribution in [2.45, 2.75) is 31.2 Å². The normalized spacial score (nSPS) is 10.3. The topological polar surface area (TPSA) is 38.3 Å². The van der Waals surface area contributed by atoms with Crippen molar-refractivity contribution in [1.82, 2.24) is 5.32 Å². The van der Waals surface area contributed by atoms with Gasteiger partial charge in [0.25, 0.3) is 0 Å². The summed E-state index contributed by atoms with van der Waals surface area (Å²) in [6.07, 6.45) is 1.99. The van der Waals surface area contributed by atoms with Crippen molar-refractivity contribution in [1.29, 1.82) is 0 Å². The first-order valence-electron chi connectivity index (χ1n) is 6.28. The molecule has 1 rings (SSSR count). The third-order valence-corrected chi connectivity index (χ3v) is 3.36. The molecule has 0 bridgehead atoms. The highest BCUT2D eigenvalue weighted by Crippen LogP contribution is 2.19. The number of hydrogen-bond donors (Lipinski definition) is 1. The summed E-state index contributed by atoms with van der Waals surface area (Å²) in [5.41, 5.74) is 1.22. The van der Waals surface area contributed by atoms with Crippen molar-refractivity contribution in [2.24, 2.45) is 0 Å². The molecule has 1 N–H and O–H groups in total. The quantitative estimate of drug-likeness (QED) is 0.446. The minimum atomic E-state index is -0.132. The van der Waals surface area contributed by atoms with Gasteiger partial charge in [-0.1, -0.05) is 25.5 Å². The first-order valence-corrected chi connectivity index (χ1v) is 7.26. The Morgan fingerprint density at radius 2 is 2.28 bits per heavy atom. The molecule has 0 unspecified atom stereocenters. The molecule has 0 saturated heterocycles. The number of unbranched alkanes of at least 4 members (excludes halogenated alkanes) is 1. The molecule has 0 saturated carbocycles. The SMILES string of the molecule is CCCCOC(=O)CSc1cccc(CNC)c1. The minimum Gasteiger partial charge on any atom is -0.465 e. The van der Waals surface area contributed by atoms with Gasteiger partial charge in [-0.25, -0.2) is 0 Å². The molecule has 0 heterocycles. The second-order valence-corrected chi connectivity index (χ2v) is 5.09. The van der Waals surface area contributed by atoms with E-state index in [2.05, 4.69) is 24.4 Å². The summed E-state index contributed by atoms with van der Waals surface area (Å²) < 4.78 is 5.11. The zero-order valence-corrected chi connectivity index (χ0v) is 11.9. The van der Waals surface area contributed by atoms with E-state index in [0.29, 0.717) is 12.4 Å². The summed E-state index contributed by atoms with van der Waals surface area (Å²) in [5.74, 6) is 0.250. The lowest BCUT2D eigenvalue weighted by Crippen LogP contribution is -2.08. The molecule has 1 aromatic rings. The average Bonchev–Trinajstić information content (AvgIpc) is 2.38. The van der Waals surface area contributed by atoms with E-state index in [1.807, 2.05) is 19.2 Å². The highest BCUT2D eigenvalue weighted by molar-refractivity contribution is 8.00. The smallest absolute Gasteiger partial charge is 0.316 e. The number of thioether (sulfide) groups is 1. The summed E-state index contributed by atoms with van der Waals surface area (Å²) >= 11 is 1.52. The van der Waals surface area contributed by atoms with E-state index in [0.717, 1.165) is 24.3 Å². The Morgan fingerprint density at radius 1 is 1.44 bits per heavy atom. The molecule has 0 radical (unpaired) electrons. The lowest BCUT2D eigenvalue weighted by atomic mass is 10.2. The van der Waals surface area contributed by atoms with Crippen LogP contribution in [-0.4, -0.2) is 25.4 Å². The minimum absolute atomic E-state index is 0.132. The van der Waals surface area contributed by atoms with E-state index in [-0.39, 0.29) is 5.97 Å². The number of ether oxygens (including phenoxy) is 1. The molecule has 3 nitrogen and oxygen atoms in total. The second-order valence-electron chi connectivity index (χ2n) is 4.04. The van der Waals surface area contributed by atoms with Gasteiger partial charge >= 0.3 is 5.97 Å². The van der Waals surface area contributed by atoms with Crippen LogP contribution in [0.15, 0.2) is 29.2 Å². The predicted molar refractivity (Wildman–Crippen MR) is 75.8 cm³/mol. The summed E-state index contributed by atoms with van der Waals surface area (Å²) in [4.78, 5) is 12.6. The van der Waals surface area contributed by atoms with Crippen LogP contribution in [0.3, 0.4) is 0 Å². The van der Waals surface area contributed by atoms with Crippen LogP contribution in [0.1, 0.15) is 25.3 Å². The van der Waals surface area contributed by atoms with E-state index in [9.17, 15) is 4.79 Å². The molecule has 0 aliphatic rings. The molecule has 4 heteroatoms. The number of carbonyl (C=O) groups is 1. The number of benzene rings is 1. The van der Waals surface area contributed by atoms with Gasteiger partial charge in [-0.3, -0.25) is 4.79 Å². The molecule has 0 amide bonds. The Labute approximate surface area is 113 Å². The summed E-state index contributed by atoms with van der Waals surface area (Å²) in [5, 5.41) is 3.11. The van der Waals surface area contributed by atoms with Crippen LogP contribution in [0.4, 0.5) is 0 Å². The molecular weight excluding hydrogens is 246 g/mol. The molecule has 1 aromatic carbocycles. The molecule has 0 aromatic heterocycles. The Bertz CT molecular complexity index is 369. The van der Waals surface area contributed by atoms with Crippen LogP contribution < -0.4 is 5.32 Å². The van der Waals surface area contributed by atoms with E-state index < -0.39 is 0 Å². The molecule has 18 heavy (non-hydrogen) atoms. The highest BCUT2D eigenvalue weighted by atomic mass is 32.2. The van der Waals surface area contributed by atoms with Gasteiger partial charge in [-0.15, -0.1) is 11.8 Å². The second kappa shape index (κ2) is 9.00. The van der Waals surface area contributed by atoms with Crippen LogP contribution in [-0.2, 0) is 16.1 Å². The number of carbonyl (C=O) groups excluding carboxylic acids is 1. The standard InChI is InChI=1S/C14H21NO2S/c1-3-4-8-17-14(16)11-18-13-7-5-6-12(9-13)10-15-2/h5-7,9,15H,3-4,8,10-11H2,1-2H3. The largest absolute Gasteiger partial charge is 0.465 e. The van der Waals surface area contributed by atoms with Crippen molar-refractivity contribution in [3.05, 3.63) is 29.8 Å². The van der Waals surface area contributed by atoms with Gasteiger partial charge in [-0.2, -0.15) is 0 Å². The average molecular weight is 267 g/mol. The van der Waals surface area contributed by atoms with Crippen LogP contribution in [0.5, 0.6) is 0 Å². The van der Waals surface area contributed by atoms with Crippen LogP contribution in [0.25, 0.3) is 0 Å². The predicted octanol–water partition coefficient (Wildman–Crippen LogP) is 2.84. The van der Waals surface area contributed by atoms with Crippen LogP contribution in [0, 0.1) is 0 Å². The fourth-order valence-electron chi connectivity index (χ4n) is 1.46. The number of nitrogens with one attached hydrogen (secondary N) is 1. The molecule has 0 aliphatic heterocycles. The van der Waals surface area contributed by atoms with Gasteiger partial charge in [0.1, 0.15) is 0 Å². The van der Waals surface area contributed by atoms with Gasteiger partial charge in [0, 0.05) is 11.4 Å². The number of rotatable bonds is 8. The molecule has 100 valence electrons. The summed E-state index contributed by atoms with van der Waals surface area (Å²) in [7, 11) is 1.92. The fraction of sp³-hybridized carbons (Fsp3) is 0.500. The Kier molecular flexibility index (Phi) is 7.53. The zero-order chi connectivity index (χ0) is 13.2. The van der Waals surface area contributed by atoms with E-state index in [4.69, 9.17) is 4.74 Å². The third kappa shape index (κ3) is 6.07. The van der Waals surface area contributed by atoms with E-state index in [1.165, 1.54) is 17.3 Å². The maximum Gasteiger partial charge on any atom is 0.316 e. The Hall–Kier alpha value is -1.00. The monoisotopic (exact) mass is 267 g/mol. The maximum absolute atomic E-state index is 11.4. The molecule has 0 spiro atoms. The van der Waals surface area contributed by atoms with Crippen molar-refractivity contribution in [3.8, 4) is 0 Å². The molecule has 0 aliphatic carbocycles. The van der Waals surface area contributed by atoms with Crippen molar-refractivity contribution < 1.29 is 9.53 Å². The van der Waals surface area contributed by atoms with Crippen molar-refractivity contribution >= 4 is 17.7 Å². The first-order chi connectivity index (χ1) is 8.76. The summed E-state index contributed by atoms with van der Waals surface area (Å²) in [6, 6.07) is 8.20. The van der Waals surface area contributed by atoms with Gasteiger partial charge < -0.3 is 10.1 Å². The Balaban J connectivity index is 2.33. The van der Waals surface area contributed by atoms with Crippen molar-refractivity contribution in [3.63, 3.8) is 0 Å². The van der Waals surface area contributed by atoms with Gasteiger partial charge in [0.15, 0.2) is 0 Å². The molecular formula is C14H21NO2S. The number of esters is 1. The lowest BCUT2D eigenvalue weighted by Gasteiger charge is -2.05. The van der Waals surface area contributed by atoms with Gasteiger partial charge in [0.2, 0.25) is 0 Å². The summed E-state index contributed by atoms with van der Waals surface area (Å²) in [6.45, 7) is 3.46. The zero-order valence-electron chi connectivity index (χ0n) is 11.1. The van der Waals surface area contributed by atoms with E-state index >= 15 is 0 Å². The van der Waals surface area contributed by atoms with Gasteiger partial charge in [-0.05, 0) is 31.2 Å². The van der Waals surface area contributed by atoms with Gasteiger partial charge in [0.05, 0.1) is 12.4 Å². The first kappa shape index (κ1) is 15.1. The molecule has 0 atom stereocenters. The Morgan fingerprint density at radius 3 is 3.00 bits per heavy atom. The van der Waals surface area contributed by atoms with Crippen LogP contribution in [0.2, 0.25) is 0 Å². The third-order valence-electron chi connectivity index (χ3n) is 2.40. The molecule has 0 fully saturated rings. The number of hydrogen-bond acceptors (Lipinski definition) is 4. The van der Waals surface area contributed by atoms with E-state index in [1.54, 1.807) is 0 Å².